The van der Waals surface area contributed by atoms with Crippen LogP contribution in [0.15, 0.2) is 48.5 Å². The molecule has 0 radical (unpaired) electrons. The lowest BCUT2D eigenvalue weighted by Crippen LogP contribution is -2.64. The summed E-state index contributed by atoms with van der Waals surface area (Å²) in [6, 6.07) is 13.7. The topological polar surface area (TPSA) is 47.1 Å². The highest BCUT2D eigenvalue weighted by molar-refractivity contribution is 5.97. The summed E-state index contributed by atoms with van der Waals surface area (Å²) in [5.41, 5.74) is 1.87. The van der Waals surface area contributed by atoms with Crippen molar-refractivity contribution in [3.05, 3.63) is 59.9 Å². The third-order valence-corrected chi connectivity index (χ3v) is 6.28. The Balaban J connectivity index is 1.56. The molecular formula is C23H27FN4O2. The fourth-order valence-electron chi connectivity index (χ4n) is 4.41. The maximum atomic E-state index is 13.7. The average molecular weight is 410 g/mol. The first kappa shape index (κ1) is 20.3. The van der Waals surface area contributed by atoms with E-state index in [4.69, 9.17) is 0 Å². The lowest BCUT2D eigenvalue weighted by molar-refractivity contribution is -0.123. The third kappa shape index (κ3) is 3.65. The van der Waals surface area contributed by atoms with Crippen LogP contribution in [-0.4, -0.2) is 74.5 Å². The second kappa shape index (κ2) is 7.72. The van der Waals surface area contributed by atoms with Crippen molar-refractivity contribution in [1.29, 1.82) is 0 Å². The number of carbonyl (C=O) groups is 2. The van der Waals surface area contributed by atoms with E-state index in [1.54, 1.807) is 17.0 Å². The summed E-state index contributed by atoms with van der Waals surface area (Å²) in [6.07, 6.45) is 0.766. The van der Waals surface area contributed by atoms with E-state index in [-0.39, 0.29) is 29.7 Å². The van der Waals surface area contributed by atoms with Crippen LogP contribution in [0.1, 0.15) is 16.8 Å². The monoisotopic (exact) mass is 410 g/mol. The van der Waals surface area contributed by atoms with Gasteiger partial charge in [0.05, 0.1) is 12.1 Å². The van der Waals surface area contributed by atoms with Crippen molar-refractivity contribution in [3.8, 4) is 0 Å². The molecule has 2 aromatic carbocycles. The van der Waals surface area contributed by atoms with Gasteiger partial charge in [-0.25, -0.2) is 4.39 Å². The Morgan fingerprint density at radius 3 is 2.60 bits per heavy atom. The van der Waals surface area contributed by atoms with Crippen molar-refractivity contribution >= 4 is 23.2 Å². The van der Waals surface area contributed by atoms with E-state index in [9.17, 15) is 14.0 Å². The fourth-order valence-corrected chi connectivity index (χ4v) is 4.41. The number of hydrogen-bond donors (Lipinski definition) is 0. The van der Waals surface area contributed by atoms with E-state index < -0.39 is 0 Å². The maximum absolute atomic E-state index is 13.7. The zero-order valence-corrected chi connectivity index (χ0v) is 17.6. The zero-order valence-electron chi connectivity index (χ0n) is 17.6. The minimum atomic E-state index is -0.364. The summed E-state index contributed by atoms with van der Waals surface area (Å²) in [5, 5.41) is 0. The molecule has 6 nitrogen and oxygen atoms in total. The van der Waals surface area contributed by atoms with Gasteiger partial charge in [-0.15, -0.1) is 0 Å². The van der Waals surface area contributed by atoms with Gasteiger partial charge in [-0.3, -0.25) is 14.5 Å². The number of likely N-dealkylation sites (N-methyl/N-ethyl adjacent to an activating group) is 1. The van der Waals surface area contributed by atoms with Gasteiger partial charge < -0.3 is 14.7 Å². The van der Waals surface area contributed by atoms with Gasteiger partial charge >= 0.3 is 0 Å². The van der Waals surface area contributed by atoms with Crippen LogP contribution in [0.25, 0.3) is 0 Å². The Hall–Kier alpha value is -2.93. The molecule has 2 aliphatic rings. The summed E-state index contributed by atoms with van der Waals surface area (Å²) in [4.78, 5) is 33.4. The zero-order chi connectivity index (χ0) is 21.5. The Labute approximate surface area is 176 Å². The number of halogens is 1. The number of amides is 2. The molecule has 1 atom stereocenters. The Bertz CT molecular complexity index is 979. The van der Waals surface area contributed by atoms with E-state index in [0.29, 0.717) is 30.9 Å². The predicted molar refractivity (Wildman–Crippen MR) is 115 cm³/mol. The van der Waals surface area contributed by atoms with Crippen LogP contribution in [0, 0.1) is 5.82 Å². The van der Waals surface area contributed by atoms with Crippen LogP contribution in [-0.2, 0) is 4.79 Å². The maximum Gasteiger partial charge on any atom is 0.253 e. The lowest BCUT2D eigenvalue weighted by Gasteiger charge is -2.46. The van der Waals surface area contributed by atoms with Crippen LogP contribution in [0.3, 0.4) is 0 Å². The fraction of sp³-hybridized carbons (Fsp3) is 0.391. The molecule has 2 saturated heterocycles. The molecule has 158 valence electrons. The second-order valence-electron chi connectivity index (χ2n) is 8.46. The molecule has 0 N–H and O–H groups in total. The second-order valence-corrected chi connectivity index (χ2v) is 8.46. The number of nitrogens with zero attached hydrogens (tertiary/aromatic N) is 4. The van der Waals surface area contributed by atoms with Crippen LogP contribution in [0.5, 0.6) is 0 Å². The molecule has 0 bridgehead atoms. The first-order valence-corrected chi connectivity index (χ1v) is 10.1. The van der Waals surface area contributed by atoms with Crippen molar-refractivity contribution < 1.29 is 14.0 Å². The first-order valence-electron chi connectivity index (χ1n) is 10.1. The number of hydrogen-bond acceptors (Lipinski definition) is 4. The van der Waals surface area contributed by atoms with E-state index >= 15 is 0 Å². The number of piperazine rings is 1. The molecular weight excluding hydrogens is 383 g/mol. The van der Waals surface area contributed by atoms with Gasteiger partial charge in [0.25, 0.3) is 5.91 Å². The SMILES string of the molecule is CN(C)c1cccc(C(=O)N2CC[C@]3(C2)CN(c2cccc(F)c2)C(=O)CN3C)c1. The number of benzene rings is 2. The van der Waals surface area contributed by atoms with Crippen LogP contribution >= 0.6 is 0 Å². The van der Waals surface area contributed by atoms with Crippen molar-refractivity contribution in [2.24, 2.45) is 0 Å². The summed E-state index contributed by atoms with van der Waals surface area (Å²) in [6.45, 7) is 1.84. The van der Waals surface area contributed by atoms with Gasteiger partial charge in [0.15, 0.2) is 0 Å². The summed E-state index contributed by atoms with van der Waals surface area (Å²) in [7, 11) is 5.83. The minimum absolute atomic E-state index is 0.00168. The highest BCUT2D eigenvalue weighted by Crippen LogP contribution is 2.34. The highest BCUT2D eigenvalue weighted by Gasteiger charge is 2.48. The van der Waals surface area contributed by atoms with Crippen molar-refractivity contribution in [2.75, 3.05) is 57.1 Å². The molecule has 0 unspecified atom stereocenters. The molecule has 2 amide bonds. The summed E-state index contributed by atoms with van der Waals surface area (Å²) >= 11 is 0. The van der Waals surface area contributed by atoms with Crippen LogP contribution in [0.4, 0.5) is 15.8 Å². The van der Waals surface area contributed by atoms with Gasteiger partial charge in [0.1, 0.15) is 5.82 Å². The molecule has 4 rings (SSSR count). The molecule has 1 spiro atoms. The van der Waals surface area contributed by atoms with Gasteiger partial charge in [-0.1, -0.05) is 12.1 Å². The summed E-state index contributed by atoms with van der Waals surface area (Å²) in [5.74, 6) is -0.423. The number of likely N-dealkylation sites (tertiary alicyclic amines) is 1. The quantitative estimate of drug-likeness (QED) is 0.780. The largest absolute Gasteiger partial charge is 0.378 e. The molecule has 30 heavy (non-hydrogen) atoms. The normalized spacial score (nSPS) is 22.1. The predicted octanol–water partition coefficient (Wildman–Crippen LogP) is 2.46. The number of anilines is 2. The van der Waals surface area contributed by atoms with Gasteiger partial charge in [-0.05, 0) is 49.9 Å². The molecule has 2 heterocycles. The number of carbonyl (C=O) groups excluding carboxylic acids is 2. The third-order valence-electron chi connectivity index (χ3n) is 6.28. The average Bonchev–Trinajstić information content (AvgIpc) is 3.15. The summed E-state index contributed by atoms with van der Waals surface area (Å²) < 4.78 is 13.7. The first-order chi connectivity index (χ1) is 14.3. The Morgan fingerprint density at radius 1 is 1.10 bits per heavy atom. The van der Waals surface area contributed by atoms with Crippen LogP contribution < -0.4 is 9.80 Å². The molecule has 7 heteroatoms. The van der Waals surface area contributed by atoms with Gasteiger partial charge in [0, 0.05) is 50.7 Å². The number of rotatable bonds is 3. The highest BCUT2D eigenvalue weighted by atomic mass is 19.1. The minimum Gasteiger partial charge on any atom is -0.378 e. The lowest BCUT2D eigenvalue weighted by atomic mass is 9.92. The molecule has 2 fully saturated rings. The Kier molecular flexibility index (Phi) is 5.24. The van der Waals surface area contributed by atoms with Crippen molar-refractivity contribution in [2.45, 2.75) is 12.0 Å². The standard InChI is InChI=1S/C23H27FN4O2/c1-25(2)19-8-4-6-17(12-19)22(30)27-11-10-23(15-27)16-28(21(29)14-26(23)3)20-9-5-7-18(24)13-20/h4-9,12-13H,10-11,14-16H2,1-3H3/t23-/m0/s1. The molecule has 2 aromatic rings. The van der Waals surface area contributed by atoms with E-state index in [1.165, 1.54) is 12.1 Å². The molecule has 2 aliphatic heterocycles. The molecule has 0 aromatic heterocycles. The van der Waals surface area contributed by atoms with E-state index in [2.05, 4.69) is 4.90 Å². The van der Waals surface area contributed by atoms with Gasteiger partial charge in [-0.2, -0.15) is 0 Å². The van der Waals surface area contributed by atoms with Crippen molar-refractivity contribution in [3.63, 3.8) is 0 Å². The van der Waals surface area contributed by atoms with E-state index in [1.807, 2.05) is 55.2 Å². The van der Waals surface area contributed by atoms with Crippen LogP contribution in [0.2, 0.25) is 0 Å². The molecule has 0 aliphatic carbocycles. The van der Waals surface area contributed by atoms with Gasteiger partial charge in [0.2, 0.25) is 5.91 Å². The molecule has 0 saturated carbocycles. The Morgan fingerprint density at radius 2 is 1.87 bits per heavy atom. The smallest absolute Gasteiger partial charge is 0.253 e. The van der Waals surface area contributed by atoms with E-state index in [0.717, 1.165) is 12.1 Å². The van der Waals surface area contributed by atoms with Crippen molar-refractivity contribution in [1.82, 2.24) is 9.80 Å².